The molecule has 3 aromatic rings. The maximum atomic E-state index is 13.1. The van der Waals surface area contributed by atoms with E-state index in [2.05, 4.69) is 5.32 Å². The van der Waals surface area contributed by atoms with E-state index in [1.807, 2.05) is 58.0 Å². The lowest BCUT2D eigenvalue weighted by Gasteiger charge is -2.47. The van der Waals surface area contributed by atoms with Crippen molar-refractivity contribution in [3.8, 4) is 0 Å². The molecule has 1 aromatic heterocycles. The number of hydrogen-bond acceptors (Lipinski definition) is 3. The number of nitrogens with zero attached hydrogens (tertiary/aromatic N) is 2. The molecule has 5 rings (SSSR count). The summed E-state index contributed by atoms with van der Waals surface area (Å²) in [5.74, 6) is 0.201. The molecule has 3 heterocycles. The Labute approximate surface area is 207 Å². The third-order valence-corrected chi connectivity index (χ3v) is 7.33. The number of benzene rings is 2. The molecular formula is C25H24Cl3N3O2. The number of fused-ring (bicyclic) bond motifs is 5. The first-order valence-corrected chi connectivity index (χ1v) is 12.2. The van der Waals surface area contributed by atoms with Crippen LogP contribution in [0.15, 0.2) is 65.5 Å². The third kappa shape index (κ3) is 4.65. The summed E-state index contributed by atoms with van der Waals surface area (Å²) in [6.07, 6.45) is 0.408. The van der Waals surface area contributed by atoms with Crippen molar-refractivity contribution >= 4 is 51.5 Å². The Morgan fingerprint density at radius 1 is 1.00 bits per heavy atom. The SMILES string of the molecule is O=C(Cc1cccc2ccccc12)N[C@H](N1C[C@@H]2C[C@H](C1)c1cccc(=O)n1C2)C(Cl)(Cl)Cl. The van der Waals surface area contributed by atoms with Crippen molar-refractivity contribution in [1.29, 1.82) is 0 Å². The summed E-state index contributed by atoms with van der Waals surface area (Å²) < 4.78 is 0.163. The predicted molar refractivity (Wildman–Crippen MR) is 133 cm³/mol. The lowest BCUT2D eigenvalue weighted by molar-refractivity contribution is -0.122. The van der Waals surface area contributed by atoms with Gasteiger partial charge in [-0.3, -0.25) is 14.5 Å². The van der Waals surface area contributed by atoms with Gasteiger partial charge in [0.05, 0.1) is 6.42 Å². The average Bonchev–Trinajstić information content (AvgIpc) is 2.78. The second-order valence-corrected chi connectivity index (χ2v) is 11.3. The van der Waals surface area contributed by atoms with Gasteiger partial charge in [-0.05, 0) is 34.7 Å². The number of halogens is 3. The Hall–Kier alpha value is -2.05. The van der Waals surface area contributed by atoms with Crippen LogP contribution in [0.25, 0.3) is 10.8 Å². The van der Waals surface area contributed by atoms with Gasteiger partial charge in [0.1, 0.15) is 6.17 Å². The van der Waals surface area contributed by atoms with Gasteiger partial charge < -0.3 is 9.88 Å². The standard InChI is InChI=1S/C25H24Cl3N3O2/c26-25(27,28)24(29-22(32)12-18-7-3-6-17-5-1-2-8-20(17)18)30-13-16-11-19(15-30)21-9-4-10-23(33)31(21)14-16/h1-10,16,19,24H,11-15H2,(H,29,32)/t16-,19+,24+/m0/s1. The molecular weight excluding hydrogens is 481 g/mol. The van der Waals surface area contributed by atoms with E-state index in [4.69, 9.17) is 34.8 Å². The second kappa shape index (κ2) is 8.95. The van der Waals surface area contributed by atoms with Gasteiger partial charge in [0.15, 0.2) is 0 Å². The lowest BCUT2D eigenvalue weighted by atomic mass is 9.83. The zero-order chi connectivity index (χ0) is 23.2. The minimum atomic E-state index is -1.70. The molecule has 33 heavy (non-hydrogen) atoms. The Balaban J connectivity index is 1.36. The highest BCUT2D eigenvalue weighted by Crippen LogP contribution is 2.40. The number of alkyl halides is 3. The van der Waals surface area contributed by atoms with Gasteiger partial charge in [-0.2, -0.15) is 0 Å². The Bertz CT molecular complexity index is 1250. The number of nitrogens with one attached hydrogen (secondary N) is 1. The molecule has 2 aliphatic heterocycles. The zero-order valence-electron chi connectivity index (χ0n) is 17.9. The van der Waals surface area contributed by atoms with E-state index < -0.39 is 9.96 Å². The molecule has 0 aliphatic carbocycles. The molecule has 1 fully saturated rings. The van der Waals surface area contributed by atoms with E-state index in [-0.39, 0.29) is 29.7 Å². The van der Waals surface area contributed by atoms with E-state index >= 15 is 0 Å². The maximum absolute atomic E-state index is 13.1. The summed E-state index contributed by atoms with van der Waals surface area (Å²) in [5, 5.41) is 5.11. The van der Waals surface area contributed by atoms with Gasteiger partial charge in [-0.15, -0.1) is 0 Å². The number of amides is 1. The van der Waals surface area contributed by atoms with Crippen LogP contribution in [0.4, 0.5) is 0 Å². The zero-order valence-corrected chi connectivity index (χ0v) is 20.2. The van der Waals surface area contributed by atoms with Gasteiger partial charge in [-0.25, -0.2) is 0 Å². The van der Waals surface area contributed by atoms with Gasteiger partial charge in [0.25, 0.3) is 5.56 Å². The third-order valence-electron chi connectivity index (χ3n) is 6.71. The molecule has 0 spiro atoms. The monoisotopic (exact) mass is 503 g/mol. The van der Waals surface area contributed by atoms with Crippen LogP contribution in [0.5, 0.6) is 0 Å². The first-order valence-electron chi connectivity index (χ1n) is 11.1. The first kappa shape index (κ1) is 22.7. The minimum Gasteiger partial charge on any atom is -0.336 e. The van der Waals surface area contributed by atoms with E-state index in [9.17, 15) is 9.59 Å². The van der Waals surface area contributed by atoms with E-state index in [1.165, 1.54) is 0 Å². The van der Waals surface area contributed by atoms with Crippen LogP contribution in [-0.4, -0.2) is 38.4 Å². The number of aromatic nitrogens is 1. The fourth-order valence-electron chi connectivity index (χ4n) is 5.35. The van der Waals surface area contributed by atoms with Crippen LogP contribution in [0.1, 0.15) is 23.6 Å². The molecule has 8 heteroatoms. The molecule has 1 amide bonds. The van der Waals surface area contributed by atoms with Crippen LogP contribution in [-0.2, 0) is 17.8 Å². The highest BCUT2D eigenvalue weighted by molar-refractivity contribution is 6.68. The number of carbonyl (C=O) groups is 1. The first-order chi connectivity index (χ1) is 15.8. The highest BCUT2D eigenvalue weighted by Gasteiger charge is 2.44. The van der Waals surface area contributed by atoms with Gasteiger partial charge in [-0.1, -0.05) is 83.3 Å². The van der Waals surface area contributed by atoms with Crippen molar-refractivity contribution in [3.05, 3.63) is 82.3 Å². The van der Waals surface area contributed by atoms with Crippen LogP contribution >= 0.6 is 34.8 Å². The van der Waals surface area contributed by atoms with Gasteiger partial charge in [0.2, 0.25) is 9.70 Å². The number of likely N-dealkylation sites (tertiary alicyclic amines) is 1. The average molecular weight is 505 g/mol. The molecule has 0 radical (unpaired) electrons. The topological polar surface area (TPSA) is 54.3 Å². The molecule has 5 nitrogen and oxygen atoms in total. The van der Waals surface area contributed by atoms with Crippen molar-refractivity contribution in [2.75, 3.05) is 13.1 Å². The second-order valence-electron chi connectivity index (χ2n) is 8.98. The molecule has 1 N–H and O–H groups in total. The number of hydrogen-bond donors (Lipinski definition) is 1. The number of carbonyl (C=O) groups excluding carboxylic acids is 1. The summed E-state index contributed by atoms with van der Waals surface area (Å²) in [6.45, 7) is 1.88. The van der Waals surface area contributed by atoms with Crippen molar-refractivity contribution in [2.45, 2.75) is 35.3 Å². The van der Waals surface area contributed by atoms with Crippen molar-refractivity contribution in [3.63, 3.8) is 0 Å². The predicted octanol–water partition coefficient (Wildman–Crippen LogP) is 4.48. The van der Waals surface area contributed by atoms with Crippen LogP contribution in [0, 0.1) is 5.92 Å². The Morgan fingerprint density at radius 3 is 2.58 bits per heavy atom. The van der Waals surface area contributed by atoms with E-state index in [0.717, 1.165) is 28.5 Å². The Kier molecular flexibility index (Phi) is 6.17. The highest BCUT2D eigenvalue weighted by atomic mass is 35.6. The fourth-order valence-corrected chi connectivity index (χ4v) is 5.93. The number of rotatable bonds is 4. The molecule has 3 atom stereocenters. The van der Waals surface area contributed by atoms with E-state index in [1.54, 1.807) is 12.1 Å². The quantitative estimate of drug-likeness (QED) is 0.533. The molecule has 1 saturated heterocycles. The van der Waals surface area contributed by atoms with Gasteiger partial charge in [0, 0.05) is 37.3 Å². The summed E-state index contributed by atoms with van der Waals surface area (Å²) in [7, 11) is 0. The van der Waals surface area contributed by atoms with E-state index in [0.29, 0.717) is 19.6 Å². The van der Waals surface area contributed by atoms with Crippen molar-refractivity contribution in [1.82, 2.24) is 14.8 Å². The largest absolute Gasteiger partial charge is 0.336 e. The summed E-state index contributed by atoms with van der Waals surface area (Å²) in [5.41, 5.74) is 1.96. The fraction of sp³-hybridized carbons (Fsp3) is 0.360. The maximum Gasteiger partial charge on any atom is 0.250 e. The normalized spacial score (nSPS) is 21.4. The number of pyridine rings is 1. The summed E-state index contributed by atoms with van der Waals surface area (Å²) in [6, 6.07) is 19.3. The number of piperidine rings is 1. The van der Waals surface area contributed by atoms with Crippen molar-refractivity contribution in [2.24, 2.45) is 5.92 Å². The van der Waals surface area contributed by atoms with Crippen LogP contribution < -0.4 is 10.9 Å². The summed E-state index contributed by atoms with van der Waals surface area (Å²) in [4.78, 5) is 27.4. The van der Waals surface area contributed by atoms with Crippen LogP contribution in [0.2, 0.25) is 0 Å². The summed E-state index contributed by atoms with van der Waals surface area (Å²) >= 11 is 19.1. The minimum absolute atomic E-state index is 0.0250. The van der Waals surface area contributed by atoms with Gasteiger partial charge >= 0.3 is 0 Å². The molecule has 2 bridgehead atoms. The van der Waals surface area contributed by atoms with Crippen molar-refractivity contribution < 1.29 is 4.79 Å². The molecule has 2 aliphatic rings. The molecule has 0 saturated carbocycles. The molecule has 0 unspecified atom stereocenters. The molecule has 2 aromatic carbocycles. The van der Waals surface area contributed by atoms with Crippen LogP contribution in [0.3, 0.4) is 0 Å². The Morgan fingerprint density at radius 2 is 1.76 bits per heavy atom. The molecule has 172 valence electrons. The smallest absolute Gasteiger partial charge is 0.250 e. The lowest BCUT2D eigenvalue weighted by Crippen LogP contribution is -2.60.